The Kier molecular flexibility index (Phi) is 15.6. The predicted octanol–water partition coefficient (Wildman–Crippen LogP) is 2.03. The molecule has 0 aromatic heterocycles. The van der Waals surface area contributed by atoms with Gasteiger partial charge in [-0.15, -0.1) is 24.0 Å². The maximum atomic E-state index is 11.5. The number of halogens is 1. The van der Waals surface area contributed by atoms with Gasteiger partial charge in [0.15, 0.2) is 5.96 Å². The third-order valence-electron chi connectivity index (χ3n) is 2.89. The second kappa shape index (κ2) is 15.0. The van der Waals surface area contributed by atoms with Crippen molar-refractivity contribution in [3.8, 4) is 0 Å². The molecule has 0 unspecified atom stereocenters. The number of rotatable bonds is 9. The van der Waals surface area contributed by atoms with Gasteiger partial charge in [0.25, 0.3) is 0 Å². The molecule has 0 saturated carbocycles. The zero-order valence-electron chi connectivity index (χ0n) is 15.9. The van der Waals surface area contributed by atoms with Crippen molar-refractivity contribution in [2.45, 2.75) is 52.1 Å². The van der Waals surface area contributed by atoms with Crippen molar-refractivity contribution in [1.29, 1.82) is 0 Å². The van der Waals surface area contributed by atoms with Gasteiger partial charge in [-0.3, -0.25) is 9.79 Å². The van der Waals surface area contributed by atoms with E-state index in [2.05, 4.69) is 25.7 Å². The molecule has 0 aliphatic rings. The first-order valence-electron chi connectivity index (χ1n) is 8.26. The lowest BCUT2D eigenvalue weighted by atomic mass is 10.2. The van der Waals surface area contributed by atoms with E-state index in [-0.39, 0.29) is 29.9 Å². The summed E-state index contributed by atoms with van der Waals surface area (Å²) in [6.07, 6.45) is 2.73. The standard InChI is InChI=1S/C16H32N4O4.HI/c1-16(2,3)24-15(22)20-12-11-19-14(17-4)18-10-8-6-7-9-13(21)23-5;/h6-12H2,1-5H3,(H,20,22)(H2,17,18,19);1H. The van der Waals surface area contributed by atoms with Crippen molar-refractivity contribution in [2.24, 2.45) is 4.99 Å². The molecule has 0 saturated heterocycles. The van der Waals surface area contributed by atoms with E-state index in [0.717, 1.165) is 25.8 Å². The number of hydrogen-bond acceptors (Lipinski definition) is 5. The fourth-order valence-corrected chi connectivity index (χ4v) is 1.76. The fourth-order valence-electron chi connectivity index (χ4n) is 1.76. The highest BCUT2D eigenvalue weighted by molar-refractivity contribution is 14.0. The summed E-state index contributed by atoms with van der Waals surface area (Å²) in [6.45, 7) is 7.21. The quantitative estimate of drug-likeness (QED) is 0.156. The van der Waals surface area contributed by atoms with E-state index in [9.17, 15) is 9.59 Å². The van der Waals surface area contributed by atoms with Crippen molar-refractivity contribution in [2.75, 3.05) is 33.8 Å². The van der Waals surface area contributed by atoms with Gasteiger partial charge in [0, 0.05) is 33.1 Å². The first kappa shape index (κ1) is 26.0. The fraction of sp³-hybridized carbons (Fsp3) is 0.812. The number of alkyl carbamates (subject to hydrolysis) is 1. The molecule has 0 heterocycles. The Labute approximate surface area is 167 Å². The van der Waals surface area contributed by atoms with Crippen LogP contribution in [0.25, 0.3) is 0 Å². The lowest BCUT2D eigenvalue weighted by molar-refractivity contribution is -0.140. The van der Waals surface area contributed by atoms with Crippen LogP contribution in [0, 0.1) is 0 Å². The van der Waals surface area contributed by atoms with Gasteiger partial charge in [-0.2, -0.15) is 0 Å². The molecule has 0 atom stereocenters. The molecular formula is C16H33IN4O4. The molecule has 0 aliphatic heterocycles. The molecular weight excluding hydrogens is 439 g/mol. The van der Waals surface area contributed by atoms with Crippen molar-refractivity contribution < 1.29 is 19.1 Å². The summed E-state index contributed by atoms with van der Waals surface area (Å²) in [6, 6.07) is 0. The lowest BCUT2D eigenvalue weighted by Crippen LogP contribution is -2.42. The van der Waals surface area contributed by atoms with Gasteiger partial charge in [-0.05, 0) is 33.6 Å². The molecule has 0 rings (SSSR count). The van der Waals surface area contributed by atoms with E-state index >= 15 is 0 Å². The number of aliphatic imine (C=N–C) groups is 1. The molecule has 1 amide bonds. The number of amides is 1. The van der Waals surface area contributed by atoms with E-state index in [1.807, 2.05) is 20.8 Å². The summed E-state index contributed by atoms with van der Waals surface area (Å²) in [5, 5.41) is 8.95. The lowest BCUT2D eigenvalue weighted by Gasteiger charge is -2.19. The number of unbranched alkanes of at least 4 members (excludes halogenated alkanes) is 2. The molecule has 0 aliphatic carbocycles. The van der Waals surface area contributed by atoms with Crippen LogP contribution in [0.3, 0.4) is 0 Å². The van der Waals surface area contributed by atoms with E-state index in [4.69, 9.17) is 4.74 Å². The minimum atomic E-state index is -0.497. The molecule has 9 heteroatoms. The SMILES string of the molecule is CN=C(NCCCCCC(=O)OC)NCCNC(=O)OC(C)(C)C.I. The largest absolute Gasteiger partial charge is 0.469 e. The number of methoxy groups -OCH3 is 1. The minimum Gasteiger partial charge on any atom is -0.469 e. The zero-order chi connectivity index (χ0) is 18.4. The Hall–Kier alpha value is -1.26. The molecule has 0 spiro atoms. The van der Waals surface area contributed by atoms with Crippen LogP contribution in [0.4, 0.5) is 4.79 Å². The van der Waals surface area contributed by atoms with Gasteiger partial charge in [-0.25, -0.2) is 4.79 Å². The van der Waals surface area contributed by atoms with Crippen LogP contribution < -0.4 is 16.0 Å². The third kappa shape index (κ3) is 17.4. The minimum absolute atomic E-state index is 0. The maximum absolute atomic E-state index is 11.5. The smallest absolute Gasteiger partial charge is 0.407 e. The van der Waals surface area contributed by atoms with Crippen LogP contribution in [-0.4, -0.2) is 57.4 Å². The summed E-state index contributed by atoms with van der Waals surface area (Å²) in [5.41, 5.74) is -0.497. The second-order valence-corrected chi connectivity index (χ2v) is 6.24. The Morgan fingerprint density at radius 3 is 2.12 bits per heavy atom. The average Bonchev–Trinajstić information content (AvgIpc) is 2.50. The molecule has 0 aromatic rings. The van der Waals surface area contributed by atoms with E-state index in [1.165, 1.54) is 7.11 Å². The van der Waals surface area contributed by atoms with Crippen LogP contribution in [0.5, 0.6) is 0 Å². The number of nitrogens with one attached hydrogen (secondary N) is 3. The molecule has 0 bridgehead atoms. The predicted molar refractivity (Wildman–Crippen MR) is 110 cm³/mol. The number of guanidine groups is 1. The molecule has 8 nitrogen and oxygen atoms in total. The summed E-state index contributed by atoms with van der Waals surface area (Å²) >= 11 is 0. The van der Waals surface area contributed by atoms with Gasteiger partial charge < -0.3 is 25.4 Å². The van der Waals surface area contributed by atoms with Crippen LogP contribution in [-0.2, 0) is 14.3 Å². The van der Waals surface area contributed by atoms with Gasteiger partial charge in [-0.1, -0.05) is 6.42 Å². The van der Waals surface area contributed by atoms with Gasteiger partial charge in [0.1, 0.15) is 5.60 Å². The number of nitrogens with zero attached hydrogens (tertiary/aromatic N) is 1. The Morgan fingerprint density at radius 1 is 0.960 bits per heavy atom. The molecule has 0 aromatic carbocycles. The highest BCUT2D eigenvalue weighted by Crippen LogP contribution is 2.05. The zero-order valence-corrected chi connectivity index (χ0v) is 18.3. The highest BCUT2D eigenvalue weighted by atomic mass is 127. The second-order valence-electron chi connectivity index (χ2n) is 6.24. The number of hydrogen-bond donors (Lipinski definition) is 3. The van der Waals surface area contributed by atoms with Gasteiger partial charge in [0.2, 0.25) is 0 Å². The Balaban J connectivity index is 0. The first-order chi connectivity index (χ1) is 11.3. The van der Waals surface area contributed by atoms with Gasteiger partial charge in [0.05, 0.1) is 7.11 Å². The normalized spacial score (nSPS) is 11.2. The van der Waals surface area contributed by atoms with Crippen LogP contribution in [0.2, 0.25) is 0 Å². The molecule has 148 valence electrons. The van der Waals surface area contributed by atoms with Crippen LogP contribution >= 0.6 is 24.0 Å². The molecule has 0 fully saturated rings. The topological polar surface area (TPSA) is 101 Å². The molecule has 3 N–H and O–H groups in total. The Morgan fingerprint density at radius 2 is 1.56 bits per heavy atom. The van der Waals surface area contributed by atoms with Crippen molar-refractivity contribution in [1.82, 2.24) is 16.0 Å². The highest BCUT2D eigenvalue weighted by Gasteiger charge is 2.15. The van der Waals surface area contributed by atoms with Gasteiger partial charge >= 0.3 is 12.1 Å². The van der Waals surface area contributed by atoms with Crippen molar-refractivity contribution in [3.05, 3.63) is 0 Å². The molecule has 25 heavy (non-hydrogen) atoms. The van der Waals surface area contributed by atoms with Crippen LogP contribution in [0.1, 0.15) is 46.5 Å². The maximum Gasteiger partial charge on any atom is 0.407 e. The van der Waals surface area contributed by atoms with Crippen molar-refractivity contribution >= 4 is 42.0 Å². The summed E-state index contributed by atoms with van der Waals surface area (Å²) in [4.78, 5) is 26.5. The number of carbonyl (C=O) groups is 2. The summed E-state index contributed by atoms with van der Waals surface area (Å²) in [7, 11) is 3.09. The summed E-state index contributed by atoms with van der Waals surface area (Å²) in [5.74, 6) is 0.506. The monoisotopic (exact) mass is 472 g/mol. The number of esters is 1. The molecule has 0 radical (unpaired) electrons. The summed E-state index contributed by atoms with van der Waals surface area (Å²) < 4.78 is 9.73. The Bertz CT molecular complexity index is 411. The van der Waals surface area contributed by atoms with E-state index in [0.29, 0.717) is 25.5 Å². The van der Waals surface area contributed by atoms with E-state index < -0.39 is 11.7 Å². The van der Waals surface area contributed by atoms with E-state index in [1.54, 1.807) is 7.05 Å². The van der Waals surface area contributed by atoms with Crippen molar-refractivity contribution in [3.63, 3.8) is 0 Å². The van der Waals surface area contributed by atoms with Crippen LogP contribution in [0.15, 0.2) is 4.99 Å². The third-order valence-corrected chi connectivity index (χ3v) is 2.89. The number of ether oxygens (including phenoxy) is 2. The average molecular weight is 472 g/mol. The number of carbonyl (C=O) groups excluding carboxylic acids is 2. The first-order valence-corrected chi connectivity index (χ1v) is 8.26.